The Balaban J connectivity index is 1.60. The Morgan fingerprint density at radius 3 is 2.59 bits per heavy atom. The van der Waals surface area contributed by atoms with E-state index in [4.69, 9.17) is 4.74 Å². The predicted molar refractivity (Wildman–Crippen MR) is 118 cm³/mol. The summed E-state index contributed by atoms with van der Waals surface area (Å²) >= 11 is 0. The van der Waals surface area contributed by atoms with Gasteiger partial charge in [-0.05, 0) is 13.0 Å². The van der Waals surface area contributed by atoms with Crippen molar-refractivity contribution >= 4 is 16.9 Å². The van der Waals surface area contributed by atoms with Crippen molar-refractivity contribution in [3.63, 3.8) is 0 Å². The molecule has 1 aliphatic rings. The van der Waals surface area contributed by atoms with Gasteiger partial charge >= 0.3 is 5.69 Å². The van der Waals surface area contributed by atoms with Crippen molar-refractivity contribution in [2.24, 2.45) is 7.05 Å². The molecule has 0 aliphatic carbocycles. The van der Waals surface area contributed by atoms with Crippen LogP contribution < -0.4 is 11.2 Å². The van der Waals surface area contributed by atoms with Gasteiger partial charge in [0.05, 0.1) is 19.8 Å². The molecule has 9 nitrogen and oxygen atoms in total. The lowest BCUT2D eigenvalue weighted by Crippen LogP contribution is -2.39. The highest BCUT2D eigenvalue weighted by molar-refractivity contribution is 5.75. The summed E-state index contributed by atoms with van der Waals surface area (Å²) in [4.78, 5) is 33.3. The molecule has 0 atom stereocenters. The summed E-state index contributed by atoms with van der Waals surface area (Å²) in [5.41, 5.74) is 0.876. The van der Waals surface area contributed by atoms with E-state index in [0.29, 0.717) is 23.5 Å². The summed E-state index contributed by atoms with van der Waals surface area (Å²) in [7, 11) is 1.58. The summed E-state index contributed by atoms with van der Waals surface area (Å²) in [6.07, 6.45) is 1.86. The highest BCUT2D eigenvalue weighted by Crippen LogP contribution is 2.17. The molecule has 0 amide bonds. The number of hydrogen-bond donors (Lipinski definition) is 0. The zero-order valence-corrected chi connectivity index (χ0v) is 18.1. The number of hydrogen-bond acceptors (Lipinski definition) is 5. The summed E-state index contributed by atoms with van der Waals surface area (Å²) < 4.78 is 25.8. The maximum Gasteiger partial charge on any atom is 0.332 e. The highest BCUT2D eigenvalue weighted by atomic mass is 19.1. The van der Waals surface area contributed by atoms with Crippen LogP contribution in [0.1, 0.15) is 11.3 Å². The van der Waals surface area contributed by atoms with E-state index in [1.54, 1.807) is 29.6 Å². The van der Waals surface area contributed by atoms with E-state index in [9.17, 15) is 14.0 Å². The molecular formula is C22H25FN6O3. The molecule has 10 heteroatoms. The topological polar surface area (TPSA) is 78.7 Å². The molecule has 3 aromatic heterocycles. The first kappa shape index (κ1) is 20.7. The maximum atomic E-state index is 14.2. The van der Waals surface area contributed by atoms with E-state index in [0.717, 1.165) is 43.1 Å². The second-order valence-corrected chi connectivity index (χ2v) is 8.15. The number of morpholine rings is 1. The average molecular weight is 440 g/mol. The van der Waals surface area contributed by atoms with Crippen molar-refractivity contribution < 1.29 is 9.13 Å². The van der Waals surface area contributed by atoms with Gasteiger partial charge in [-0.2, -0.15) is 4.98 Å². The minimum absolute atomic E-state index is 0.141. The van der Waals surface area contributed by atoms with Crippen LogP contribution in [0, 0.1) is 12.7 Å². The Kier molecular flexibility index (Phi) is 5.18. The van der Waals surface area contributed by atoms with Gasteiger partial charge in [0.2, 0.25) is 5.78 Å². The molecule has 168 valence electrons. The Hall–Kier alpha value is -3.24. The first-order chi connectivity index (χ1) is 15.5. The van der Waals surface area contributed by atoms with E-state index in [2.05, 4.69) is 14.5 Å². The molecule has 4 aromatic rings. The number of aryl methyl sites for hydroxylation is 2. The fourth-order valence-corrected chi connectivity index (χ4v) is 4.33. The number of benzene rings is 1. The van der Waals surface area contributed by atoms with Gasteiger partial charge in [0.1, 0.15) is 5.82 Å². The molecule has 5 rings (SSSR count). The standard InChI is InChI=1S/C22H25FN6O3/c1-15-13-28-18-19(24-21(28)27(15)8-7-26-9-11-32-12-10-26)25(2)22(31)29(20(18)30)14-16-5-3-4-6-17(16)23/h3-6,13H,7-12,14H2,1-2H3. The van der Waals surface area contributed by atoms with Crippen LogP contribution in [0.2, 0.25) is 0 Å². The Morgan fingerprint density at radius 2 is 1.84 bits per heavy atom. The van der Waals surface area contributed by atoms with Crippen LogP contribution in [0.15, 0.2) is 40.1 Å². The van der Waals surface area contributed by atoms with Crippen LogP contribution in [-0.2, 0) is 24.9 Å². The number of imidazole rings is 2. The number of ether oxygens (including phenoxy) is 1. The van der Waals surface area contributed by atoms with Crippen molar-refractivity contribution in [2.45, 2.75) is 20.0 Å². The van der Waals surface area contributed by atoms with Crippen LogP contribution in [0.4, 0.5) is 4.39 Å². The molecule has 0 saturated carbocycles. The van der Waals surface area contributed by atoms with Gasteiger partial charge in [0, 0.05) is 50.7 Å². The molecule has 4 heterocycles. The quantitative estimate of drug-likeness (QED) is 0.462. The molecule has 0 radical (unpaired) electrons. The summed E-state index contributed by atoms with van der Waals surface area (Å²) in [6, 6.07) is 6.15. The molecule has 1 fully saturated rings. The number of aromatic nitrogens is 5. The minimum Gasteiger partial charge on any atom is -0.379 e. The Labute approximate surface area is 182 Å². The zero-order chi connectivity index (χ0) is 22.4. The Bertz CT molecular complexity index is 1420. The first-order valence-electron chi connectivity index (χ1n) is 10.7. The number of fused-ring (bicyclic) bond motifs is 3. The van der Waals surface area contributed by atoms with Gasteiger partial charge in [-0.3, -0.25) is 23.2 Å². The fourth-order valence-electron chi connectivity index (χ4n) is 4.33. The normalized spacial score (nSPS) is 15.2. The van der Waals surface area contributed by atoms with Gasteiger partial charge in [-0.25, -0.2) is 9.18 Å². The molecule has 0 spiro atoms. The SMILES string of the molecule is Cc1cn2c3c(=O)n(Cc4ccccc4F)c(=O)n(C)c3nc2n1CCN1CCOCC1. The third kappa shape index (κ3) is 3.35. The third-order valence-corrected chi connectivity index (χ3v) is 6.17. The van der Waals surface area contributed by atoms with Gasteiger partial charge in [0.15, 0.2) is 11.2 Å². The second-order valence-electron chi connectivity index (χ2n) is 8.15. The second kappa shape index (κ2) is 8.03. The molecule has 1 aliphatic heterocycles. The van der Waals surface area contributed by atoms with Crippen molar-refractivity contribution in [2.75, 3.05) is 32.8 Å². The van der Waals surface area contributed by atoms with E-state index >= 15 is 0 Å². The number of rotatable bonds is 5. The molecular weight excluding hydrogens is 415 g/mol. The van der Waals surface area contributed by atoms with Crippen LogP contribution >= 0.6 is 0 Å². The van der Waals surface area contributed by atoms with Crippen molar-refractivity contribution in [3.05, 3.63) is 68.4 Å². The zero-order valence-electron chi connectivity index (χ0n) is 18.1. The molecule has 0 bridgehead atoms. The lowest BCUT2D eigenvalue weighted by atomic mass is 10.2. The Morgan fingerprint density at radius 1 is 1.09 bits per heavy atom. The van der Waals surface area contributed by atoms with Crippen molar-refractivity contribution in [1.29, 1.82) is 0 Å². The summed E-state index contributed by atoms with van der Waals surface area (Å²) in [5, 5.41) is 0. The first-order valence-corrected chi connectivity index (χ1v) is 10.7. The van der Waals surface area contributed by atoms with Gasteiger partial charge < -0.3 is 9.30 Å². The maximum absolute atomic E-state index is 14.2. The summed E-state index contributed by atoms with van der Waals surface area (Å²) in [5.74, 6) is 0.159. The third-order valence-electron chi connectivity index (χ3n) is 6.17. The summed E-state index contributed by atoms with van der Waals surface area (Å²) in [6.45, 7) is 6.63. The highest BCUT2D eigenvalue weighted by Gasteiger charge is 2.21. The molecule has 32 heavy (non-hydrogen) atoms. The molecule has 0 unspecified atom stereocenters. The van der Waals surface area contributed by atoms with E-state index in [-0.39, 0.29) is 12.1 Å². The van der Waals surface area contributed by atoms with Crippen LogP contribution in [0.5, 0.6) is 0 Å². The molecule has 1 aromatic carbocycles. The minimum atomic E-state index is -0.525. The van der Waals surface area contributed by atoms with E-state index in [1.807, 2.05) is 13.1 Å². The number of halogens is 1. The molecule has 1 saturated heterocycles. The monoisotopic (exact) mass is 440 g/mol. The van der Waals surface area contributed by atoms with Crippen LogP contribution in [-0.4, -0.2) is 60.8 Å². The number of nitrogens with zero attached hydrogens (tertiary/aromatic N) is 6. The van der Waals surface area contributed by atoms with E-state index < -0.39 is 17.1 Å². The molecule has 0 N–H and O–H groups in total. The lowest BCUT2D eigenvalue weighted by Gasteiger charge is -2.26. The van der Waals surface area contributed by atoms with Gasteiger partial charge in [0.25, 0.3) is 5.56 Å². The smallest absolute Gasteiger partial charge is 0.332 e. The largest absolute Gasteiger partial charge is 0.379 e. The van der Waals surface area contributed by atoms with Gasteiger partial charge in [-0.1, -0.05) is 18.2 Å². The lowest BCUT2D eigenvalue weighted by molar-refractivity contribution is 0.0364. The fraction of sp³-hybridized carbons (Fsp3) is 0.409. The van der Waals surface area contributed by atoms with Crippen LogP contribution in [0.3, 0.4) is 0 Å². The van der Waals surface area contributed by atoms with E-state index in [1.165, 1.54) is 10.6 Å². The predicted octanol–water partition coefficient (Wildman–Crippen LogP) is 0.977. The average Bonchev–Trinajstić information content (AvgIpc) is 3.30. The van der Waals surface area contributed by atoms with Gasteiger partial charge in [-0.15, -0.1) is 0 Å². The van der Waals surface area contributed by atoms with Crippen molar-refractivity contribution in [3.8, 4) is 0 Å². The van der Waals surface area contributed by atoms with Crippen LogP contribution in [0.25, 0.3) is 16.9 Å². The van der Waals surface area contributed by atoms with Crippen molar-refractivity contribution in [1.82, 2.24) is 28.0 Å².